The van der Waals surface area contributed by atoms with E-state index in [9.17, 15) is 0 Å². The second-order valence-electron chi connectivity index (χ2n) is 10.9. The fraction of sp³-hybridized carbons (Fsp3) is 0.379. The Hall–Kier alpha value is -2.54. The number of rotatable bonds is 1. The molecule has 0 amide bonds. The molecule has 0 saturated carbocycles. The summed E-state index contributed by atoms with van der Waals surface area (Å²) in [5, 5.41) is 0. The molecular formula is C29H31N. The summed E-state index contributed by atoms with van der Waals surface area (Å²) in [6.45, 7) is 9.64. The van der Waals surface area contributed by atoms with E-state index in [0.29, 0.717) is 6.04 Å². The van der Waals surface area contributed by atoms with Gasteiger partial charge in [-0.3, -0.25) is 0 Å². The Morgan fingerprint density at radius 1 is 0.667 bits per heavy atom. The van der Waals surface area contributed by atoms with Crippen molar-refractivity contribution in [2.45, 2.75) is 70.3 Å². The van der Waals surface area contributed by atoms with Crippen LogP contribution in [0.1, 0.15) is 62.8 Å². The van der Waals surface area contributed by atoms with E-state index in [0.717, 1.165) is 6.42 Å². The lowest BCUT2D eigenvalue weighted by Gasteiger charge is -2.42. The van der Waals surface area contributed by atoms with E-state index in [1.54, 1.807) is 11.1 Å². The Morgan fingerprint density at radius 2 is 1.30 bits per heavy atom. The molecule has 0 radical (unpaired) electrons. The van der Waals surface area contributed by atoms with Crippen LogP contribution in [-0.2, 0) is 23.7 Å². The SMILES string of the molecule is CC1(C)CCC(C)(C)c2cc(-c3ccc4c(c3)CC3Cc5ccccc5N43)ccc21. The number of nitrogens with zero attached hydrogens (tertiary/aromatic N) is 1. The summed E-state index contributed by atoms with van der Waals surface area (Å²) in [6.07, 6.45) is 4.85. The van der Waals surface area contributed by atoms with Crippen molar-refractivity contribution in [3.63, 3.8) is 0 Å². The summed E-state index contributed by atoms with van der Waals surface area (Å²) in [5.41, 5.74) is 12.2. The second-order valence-corrected chi connectivity index (χ2v) is 10.9. The summed E-state index contributed by atoms with van der Waals surface area (Å²) >= 11 is 0. The number of hydrogen-bond acceptors (Lipinski definition) is 1. The van der Waals surface area contributed by atoms with E-state index >= 15 is 0 Å². The van der Waals surface area contributed by atoms with Crippen LogP contribution in [0.3, 0.4) is 0 Å². The summed E-state index contributed by atoms with van der Waals surface area (Å²) in [7, 11) is 0. The molecule has 0 spiro atoms. The van der Waals surface area contributed by atoms with Crippen LogP contribution in [0.5, 0.6) is 0 Å². The molecule has 3 aromatic rings. The minimum Gasteiger partial charge on any atom is -0.337 e. The van der Waals surface area contributed by atoms with Crippen molar-refractivity contribution in [1.29, 1.82) is 0 Å². The van der Waals surface area contributed by atoms with E-state index in [1.807, 2.05) is 0 Å². The number of para-hydroxylation sites is 1. The molecular weight excluding hydrogens is 362 g/mol. The fourth-order valence-electron chi connectivity index (χ4n) is 6.14. The van der Waals surface area contributed by atoms with Gasteiger partial charge in [-0.25, -0.2) is 0 Å². The van der Waals surface area contributed by atoms with Gasteiger partial charge in [0, 0.05) is 17.4 Å². The highest BCUT2D eigenvalue weighted by Crippen LogP contribution is 2.49. The molecule has 6 rings (SSSR count). The molecule has 3 aliphatic rings. The first-order valence-corrected chi connectivity index (χ1v) is 11.5. The number of anilines is 2. The minimum atomic E-state index is 0.254. The minimum absolute atomic E-state index is 0.254. The van der Waals surface area contributed by atoms with E-state index in [1.165, 1.54) is 52.9 Å². The third-order valence-electron chi connectivity index (χ3n) is 8.05. The van der Waals surface area contributed by atoms with E-state index in [-0.39, 0.29) is 10.8 Å². The summed E-state index contributed by atoms with van der Waals surface area (Å²) in [4.78, 5) is 2.58. The third-order valence-corrected chi connectivity index (χ3v) is 8.05. The van der Waals surface area contributed by atoms with Crippen LogP contribution in [0.2, 0.25) is 0 Å². The van der Waals surface area contributed by atoms with Gasteiger partial charge in [-0.2, -0.15) is 0 Å². The third kappa shape index (κ3) is 2.54. The zero-order valence-corrected chi connectivity index (χ0v) is 18.6. The molecule has 2 heterocycles. The Morgan fingerprint density at radius 3 is 2.13 bits per heavy atom. The predicted molar refractivity (Wildman–Crippen MR) is 127 cm³/mol. The van der Waals surface area contributed by atoms with Crippen molar-refractivity contribution in [3.8, 4) is 11.1 Å². The largest absolute Gasteiger partial charge is 0.337 e. The fourth-order valence-corrected chi connectivity index (χ4v) is 6.14. The predicted octanol–water partition coefficient (Wildman–Crippen LogP) is 7.32. The molecule has 1 heteroatoms. The van der Waals surface area contributed by atoms with Gasteiger partial charge >= 0.3 is 0 Å². The van der Waals surface area contributed by atoms with Crippen molar-refractivity contribution in [3.05, 3.63) is 82.9 Å². The first kappa shape index (κ1) is 18.2. The smallest absolute Gasteiger partial charge is 0.0447 e. The van der Waals surface area contributed by atoms with E-state index < -0.39 is 0 Å². The lowest BCUT2D eigenvalue weighted by Crippen LogP contribution is -2.33. The van der Waals surface area contributed by atoms with Gasteiger partial charge in [0.2, 0.25) is 0 Å². The van der Waals surface area contributed by atoms with Gasteiger partial charge in [0.05, 0.1) is 0 Å². The van der Waals surface area contributed by atoms with Gasteiger partial charge in [-0.05, 0) is 88.1 Å². The lowest BCUT2D eigenvalue weighted by atomic mass is 9.63. The molecule has 30 heavy (non-hydrogen) atoms. The van der Waals surface area contributed by atoms with Gasteiger partial charge in [-0.15, -0.1) is 0 Å². The average molecular weight is 394 g/mol. The van der Waals surface area contributed by atoms with Crippen molar-refractivity contribution >= 4 is 11.4 Å². The monoisotopic (exact) mass is 393 g/mol. The maximum absolute atomic E-state index is 2.58. The van der Waals surface area contributed by atoms with Crippen LogP contribution in [0.15, 0.2) is 60.7 Å². The molecule has 0 aromatic heterocycles. The molecule has 3 aromatic carbocycles. The first-order valence-electron chi connectivity index (χ1n) is 11.5. The normalized spacial score (nSPS) is 22.3. The lowest BCUT2D eigenvalue weighted by molar-refractivity contribution is 0.332. The molecule has 0 bridgehead atoms. The maximum Gasteiger partial charge on any atom is 0.0447 e. The zero-order chi connectivity index (χ0) is 20.7. The van der Waals surface area contributed by atoms with Gasteiger partial charge in [-0.1, -0.05) is 70.2 Å². The highest BCUT2D eigenvalue weighted by molar-refractivity contribution is 5.80. The van der Waals surface area contributed by atoms with Crippen LogP contribution in [0, 0.1) is 0 Å². The Bertz CT molecular complexity index is 1170. The molecule has 0 fully saturated rings. The van der Waals surface area contributed by atoms with Gasteiger partial charge in [0.15, 0.2) is 0 Å². The van der Waals surface area contributed by atoms with E-state index in [4.69, 9.17) is 0 Å². The van der Waals surface area contributed by atoms with Crippen molar-refractivity contribution in [2.75, 3.05) is 4.90 Å². The molecule has 1 unspecified atom stereocenters. The molecule has 1 aliphatic carbocycles. The van der Waals surface area contributed by atoms with Gasteiger partial charge in [0.1, 0.15) is 0 Å². The van der Waals surface area contributed by atoms with E-state index in [2.05, 4.69) is 93.3 Å². The number of fused-ring (bicyclic) bond motifs is 6. The highest BCUT2D eigenvalue weighted by Gasteiger charge is 2.38. The summed E-state index contributed by atoms with van der Waals surface area (Å²) in [5.74, 6) is 0. The molecule has 152 valence electrons. The standard InChI is InChI=1S/C29H31N/c1-28(2)13-14-29(3,4)25-18-20(9-11-24(25)28)19-10-12-27-22(15-19)17-23-16-21-7-5-6-8-26(21)30(23)27/h5-12,15,18,23H,13-14,16-17H2,1-4H3. The van der Waals surface area contributed by atoms with Crippen LogP contribution in [0.25, 0.3) is 11.1 Å². The Kier molecular flexibility index (Phi) is 3.65. The van der Waals surface area contributed by atoms with Crippen molar-refractivity contribution < 1.29 is 0 Å². The van der Waals surface area contributed by atoms with Crippen LogP contribution < -0.4 is 4.90 Å². The van der Waals surface area contributed by atoms with Gasteiger partial charge in [0.25, 0.3) is 0 Å². The summed E-state index contributed by atoms with van der Waals surface area (Å²) in [6, 6.07) is 23.9. The molecule has 1 nitrogen and oxygen atoms in total. The second kappa shape index (κ2) is 6.00. The molecule has 1 atom stereocenters. The molecule has 2 aliphatic heterocycles. The number of benzene rings is 3. The van der Waals surface area contributed by atoms with Gasteiger partial charge < -0.3 is 4.90 Å². The molecule has 0 saturated heterocycles. The number of hydrogen-bond donors (Lipinski definition) is 0. The average Bonchev–Trinajstić information content (AvgIpc) is 3.26. The highest BCUT2D eigenvalue weighted by atomic mass is 15.2. The summed E-state index contributed by atoms with van der Waals surface area (Å²) < 4.78 is 0. The maximum atomic E-state index is 2.58. The van der Waals surface area contributed by atoms with Crippen LogP contribution >= 0.6 is 0 Å². The van der Waals surface area contributed by atoms with Crippen molar-refractivity contribution in [1.82, 2.24) is 0 Å². The Labute approximate surface area is 180 Å². The zero-order valence-electron chi connectivity index (χ0n) is 18.6. The Balaban J connectivity index is 1.41. The van der Waals surface area contributed by atoms with Crippen LogP contribution in [-0.4, -0.2) is 6.04 Å². The first-order chi connectivity index (χ1) is 14.3. The topological polar surface area (TPSA) is 3.24 Å². The van der Waals surface area contributed by atoms with Crippen molar-refractivity contribution in [2.24, 2.45) is 0 Å². The molecule has 0 N–H and O–H groups in total. The quantitative estimate of drug-likeness (QED) is 0.418. The van der Waals surface area contributed by atoms with Crippen LogP contribution in [0.4, 0.5) is 11.4 Å².